The number of guanidine groups is 1. The van der Waals surface area contributed by atoms with E-state index in [-0.39, 0.29) is 0 Å². The molecule has 120 valence electrons. The molecule has 0 amide bonds. The molecule has 2 saturated carbocycles. The monoisotopic (exact) mass is 319 g/mol. The highest BCUT2D eigenvalue weighted by Gasteiger charge is 2.66. The first-order valence-corrected chi connectivity index (χ1v) is 9.45. The number of rotatable bonds is 4. The van der Waals surface area contributed by atoms with Crippen molar-refractivity contribution in [1.29, 1.82) is 0 Å². The van der Waals surface area contributed by atoms with Crippen molar-refractivity contribution in [2.75, 3.05) is 13.2 Å². The molecule has 4 nitrogen and oxygen atoms in total. The number of ether oxygens (including phenoxy) is 1. The molecule has 0 bridgehead atoms. The third kappa shape index (κ3) is 2.26. The second-order valence-electron chi connectivity index (χ2n) is 6.78. The Morgan fingerprint density at radius 1 is 1.50 bits per heavy atom. The molecule has 2 heterocycles. The number of hydrogen-bond donors (Lipinski definition) is 2. The molecule has 4 rings (SSSR count). The fourth-order valence-electron chi connectivity index (χ4n) is 4.48. The van der Waals surface area contributed by atoms with E-state index in [0.717, 1.165) is 25.7 Å². The zero-order valence-corrected chi connectivity index (χ0v) is 14.0. The van der Waals surface area contributed by atoms with E-state index in [9.17, 15) is 0 Å². The van der Waals surface area contributed by atoms with Crippen molar-refractivity contribution >= 4 is 17.3 Å². The van der Waals surface area contributed by atoms with Crippen LogP contribution in [0.25, 0.3) is 0 Å². The maximum absolute atomic E-state index is 6.00. The number of nitrogens with one attached hydrogen (secondary N) is 2. The number of nitrogens with zero attached hydrogens (tertiary/aromatic N) is 1. The molecule has 3 aliphatic rings. The quantitative estimate of drug-likeness (QED) is 0.662. The zero-order valence-electron chi connectivity index (χ0n) is 13.2. The van der Waals surface area contributed by atoms with E-state index in [1.165, 1.54) is 31.2 Å². The Labute approximate surface area is 136 Å². The minimum absolute atomic E-state index is 0.403. The van der Waals surface area contributed by atoms with E-state index in [1.54, 1.807) is 11.3 Å². The number of hydrogen-bond acceptors (Lipinski definition) is 3. The van der Waals surface area contributed by atoms with Gasteiger partial charge < -0.3 is 15.4 Å². The summed E-state index contributed by atoms with van der Waals surface area (Å²) in [6, 6.07) is 2.70. The summed E-state index contributed by atoms with van der Waals surface area (Å²) in [7, 11) is 0. The van der Waals surface area contributed by atoms with Gasteiger partial charge in [0.15, 0.2) is 5.96 Å². The van der Waals surface area contributed by atoms with Crippen LogP contribution in [-0.4, -0.2) is 31.3 Å². The largest absolute Gasteiger partial charge is 0.377 e. The molecule has 1 saturated heterocycles. The van der Waals surface area contributed by atoms with Crippen LogP contribution >= 0.6 is 11.3 Å². The van der Waals surface area contributed by atoms with Crippen molar-refractivity contribution in [1.82, 2.24) is 10.6 Å². The van der Waals surface area contributed by atoms with Crippen molar-refractivity contribution in [2.45, 2.75) is 51.3 Å². The number of thiophene rings is 1. The third-order valence-electron chi connectivity index (χ3n) is 5.67. The van der Waals surface area contributed by atoms with E-state index in [1.807, 2.05) is 0 Å². The van der Waals surface area contributed by atoms with Gasteiger partial charge in [0.05, 0.1) is 12.6 Å². The van der Waals surface area contributed by atoms with Gasteiger partial charge in [0, 0.05) is 30.5 Å². The molecule has 3 fully saturated rings. The maximum Gasteiger partial charge on any atom is 0.191 e. The lowest BCUT2D eigenvalue weighted by Gasteiger charge is -2.63. The van der Waals surface area contributed by atoms with Crippen LogP contribution in [0.3, 0.4) is 0 Å². The molecule has 5 heteroatoms. The van der Waals surface area contributed by atoms with Gasteiger partial charge in [-0.3, -0.25) is 0 Å². The second kappa shape index (κ2) is 5.85. The lowest BCUT2D eigenvalue weighted by atomic mass is 9.46. The van der Waals surface area contributed by atoms with Crippen molar-refractivity contribution in [3.63, 3.8) is 0 Å². The van der Waals surface area contributed by atoms with Crippen LogP contribution in [0.15, 0.2) is 21.8 Å². The fraction of sp³-hybridized carbons (Fsp3) is 0.706. The van der Waals surface area contributed by atoms with Crippen LogP contribution in [0.2, 0.25) is 0 Å². The molecular formula is C17H25N3OS. The van der Waals surface area contributed by atoms with E-state index < -0.39 is 0 Å². The summed E-state index contributed by atoms with van der Waals surface area (Å²) < 4.78 is 6.00. The average molecular weight is 319 g/mol. The zero-order chi connectivity index (χ0) is 15.0. The molecule has 2 N–H and O–H groups in total. The topological polar surface area (TPSA) is 45.7 Å². The van der Waals surface area contributed by atoms with Crippen molar-refractivity contribution in [3.8, 4) is 0 Å². The molecule has 0 aromatic carbocycles. The third-order valence-corrected chi connectivity index (χ3v) is 6.40. The van der Waals surface area contributed by atoms with Crippen LogP contribution in [-0.2, 0) is 11.3 Å². The molecular weight excluding hydrogens is 294 g/mol. The Balaban J connectivity index is 1.45. The standard InChI is InChI=1S/C17H25N3OS/c1-2-18-16(19-10-12-5-9-22-11-12)20-14-13-4-8-21-15(13)17(14)6-3-7-17/h5,9,11,13-15H,2-4,6-8,10H2,1H3,(H2,18,19,20). The van der Waals surface area contributed by atoms with E-state index >= 15 is 0 Å². The van der Waals surface area contributed by atoms with Crippen LogP contribution in [0.1, 0.15) is 38.2 Å². The van der Waals surface area contributed by atoms with Gasteiger partial charge >= 0.3 is 0 Å². The smallest absolute Gasteiger partial charge is 0.191 e. The molecule has 1 aliphatic heterocycles. The highest BCUT2D eigenvalue weighted by atomic mass is 32.1. The first-order valence-electron chi connectivity index (χ1n) is 8.51. The van der Waals surface area contributed by atoms with Gasteiger partial charge in [-0.05, 0) is 48.6 Å². The van der Waals surface area contributed by atoms with E-state index in [2.05, 4.69) is 34.4 Å². The summed E-state index contributed by atoms with van der Waals surface area (Å²) in [5, 5.41) is 11.4. The maximum atomic E-state index is 6.00. The summed E-state index contributed by atoms with van der Waals surface area (Å²) in [5.74, 6) is 1.65. The van der Waals surface area contributed by atoms with E-state index in [0.29, 0.717) is 23.5 Å². The Morgan fingerprint density at radius 3 is 3.09 bits per heavy atom. The van der Waals surface area contributed by atoms with Crippen molar-refractivity contribution in [2.24, 2.45) is 16.3 Å². The van der Waals surface area contributed by atoms with Gasteiger partial charge in [0.1, 0.15) is 0 Å². The highest BCUT2D eigenvalue weighted by Crippen LogP contribution is 2.62. The first kappa shape index (κ1) is 14.5. The van der Waals surface area contributed by atoms with Crippen molar-refractivity contribution in [3.05, 3.63) is 22.4 Å². The summed E-state index contributed by atoms with van der Waals surface area (Å²) >= 11 is 1.73. The molecule has 1 aromatic heterocycles. The lowest BCUT2D eigenvalue weighted by molar-refractivity contribution is -0.171. The SMILES string of the molecule is CCNC(=NCc1ccsc1)NC1C2CCOC2C12CCC2. The Morgan fingerprint density at radius 2 is 2.41 bits per heavy atom. The van der Waals surface area contributed by atoms with Gasteiger partial charge in [0.2, 0.25) is 0 Å². The van der Waals surface area contributed by atoms with Crippen LogP contribution < -0.4 is 10.6 Å². The summed E-state index contributed by atoms with van der Waals surface area (Å²) in [5.41, 5.74) is 1.69. The van der Waals surface area contributed by atoms with Gasteiger partial charge in [0.25, 0.3) is 0 Å². The fourth-order valence-corrected chi connectivity index (χ4v) is 5.14. The van der Waals surface area contributed by atoms with E-state index in [4.69, 9.17) is 9.73 Å². The Hall–Kier alpha value is -1.07. The Bertz CT molecular complexity index is 538. The summed E-state index contributed by atoms with van der Waals surface area (Å²) in [6.45, 7) is 4.73. The predicted molar refractivity (Wildman–Crippen MR) is 90.2 cm³/mol. The summed E-state index contributed by atoms with van der Waals surface area (Å²) in [4.78, 5) is 4.78. The molecule has 2 aliphatic carbocycles. The molecule has 3 unspecified atom stereocenters. The number of fused-ring (bicyclic) bond motifs is 2. The van der Waals surface area contributed by atoms with Gasteiger partial charge in [-0.15, -0.1) is 0 Å². The van der Waals surface area contributed by atoms with Gasteiger partial charge in [-0.1, -0.05) is 6.42 Å². The number of aliphatic imine (C=N–C) groups is 1. The van der Waals surface area contributed by atoms with Crippen LogP contribution in [0, 0.1) is 11.3 Å². The molecule has 22 heavy (non-hydrogen) atoms. The summed E-state index contributed by atoms with van der Waals surface area (Å²) in [6.07, 6.45) is 5.70. The highest BCUT2D eigenvalue weighted by molar-refractivity contribution is 7.07. The molecule has 3 atom stereocenters. The molecule has 0 radical (unpaired) electrons. The van der Waals surface area contributed by atoms with Gasteiger partial charge in [-0.2, -0.15) is 11.3 Å². The van der Waals surface area contributed by atoms with Crippen LogP contribution in [0.4, 0.5) is 0 Å². The Kier molecular flexibility index (Phi) is 3.86. The van der Waals surface area contributed by atoms with Crippen LogP contribution in [0.5, 0.6) is 0 Å². The lowest BCUT2D eigenvalue weighted by Crippen LogP contribution is -2.72. The molecule has 1 spiro atoms. The second-order valence-corrected chi connectivity index (χ2v) is 7.56. The molecule has 1 aromatic rings. The normalized spacial score (nSPS) is 32.2. The average Bonchev–Trinajstić information content (AvgIpc) is 3.10. The first-order chi connectivity index (χ1) is 10.8. The minimum atomic E-state index is 0.403. The minimum Gasteiger partial charge on any atom is -0.377 e. The van der Waals surface area contributed by atoms with Gasteiger partial charge in [-0.25, -0.2) is 4.99 Å². The van der Waals surface area contributed by atoms with Crippen molar-refractivity contribution < 1.29 is 4.74 Å². The predicted octanol–water partition coefficient (Wildman–Crippen LogP) is 2.76.